The highest BCUT2D eigenvalue weighted by Crippen LogP contribution is 2.35. The third-order valence-corrected chi connectivity index (χ3v) is 1.64. The summed E-state index contributed by atoms with van der Waals surface area (Å²) in [6, 6.07) is 0. The maximum absolute atomic E-state index is 12.1. The summed E-state index contributed by atoms with van der Waals surface area (Å²) in [7, 11) is 0. The molecule has 3 N–H and O–H groups in total. The van der Waals surface area contributed by atoms with Gasteiger partial charge in [0, 0.05) is 5.92 Å². The molecule has 72 valence electrons. The molecule has 0 fully saturated rings. The van der Waals surface area contributed by atoms with Gasteiger partial charge in [-0.25, -0.2) is 0 Å². The minimum atomic E-state index is -5.02. The first-order chi connectivity index (χ1) is 5.14. The second-order valence-corrected chi connectivity index (χ2v) is 2.78. The molecule has 1 atom stereocenters. The van der Waals surface area contributed by atoms with Gasteiger partial charge in [0.1, 0.15) is 0 Å². The van der Waals surface area contributed by atoms with E-state index >= 15 is 0 Å². The van der Waals surface area contributed by atoms with Crippen molar-refractivity contribution in [1.82, 2.24) is 0 Å². The van der Waals surface area contributed by atoms with Gasteiger partial charge in [-0.3, -0.25) is 4.79 Å². The Hall–Kier alpha value is -0.780. The predicted molar refractivity (Wildman–Crippen MR) is 35.0 cm³/mol. The number of aliphatic hydroxyl groups is 1. The average molecular weight is 185 g/mol. The second-order valence-electron chi connectivity index (χ2n) is 2.78. The maximum atomic E-state index is 12.1. The summed E-state index contributed by atoms with van der Waals surface area (Å²) in [5.74, 6) is -3.07. The standard InChI is InChI=1S/C6H10F3NO2/c1-3(2)5(12,4(10)11)6(7,8)9/h3,12H,1-2H3,(H2,10,11). The lowest BCUT2D eigenvalue weighted by molar-refractivity contribution is -0.263. The highest BCUT2D eigenvalue weighted by molar-refractivity contribution is 5.84. The number of halogens is 3. The van der Waals surface area contributed by atoms with Crippen molar-refractivity contribution >= 4 is 5.91 Å². The molecular formula is C6H10F3NO2. The molecule has 0 aliphatic heterocycles. The molecule has 0 aliphatic carbocycles. The average Bonchev–Trinajstić information content (AvgIpc) is 1.82. The highest BCUT2D eigenvalue weighted by Gasteiger charge is 2.60. The van der Waals surface area contributed by atoms with E-state index in [0.717, 1.165) is 13.8 Å². The smallest absolute Gasteiger partial charge is 0.372 e. The van der Waals surface area contributed by atoms with E-state index in [1.165, 1.54) is 0 Å². The van der Waals surface area contributed by atoms with Crippen LogP contribution in [0.2, 0.25) is 0 Å². The Labute approximate surface area is 67.4 Å². The van der Waals surface area contributed by atoms with Crippen LogP contribution in [0.25, 0.3) is 0 Å². The molecule has 1 amide bonds. The molecule has 0 aliphatic rings. The van der Waals surface area contributed by atoms with Crippen molar-refractivity contribution in [3.05, 3.63) is 0 Å². The summed E-state index contributed by atoms with van der Waals surface area (Å²) < 4.78 is 36.2. The van der Waals surface area contributed by atoms with E-state index in [1.807, 2.05) is 0 Å². The van der Waals surface area contributed by atoms with Crippen LogP contribution in [0, 0.1) is 5.92 Å². The van der Waals surface area contributed by atoms with E-state index in [2.05, 4.69) is 5.73 Å². The minimum absolute atomic E-state index is 1.07. The van der Waals surface area contributed by atoms with Crippen molar-refractivity contribution in [2.24, 2.45) is 11.7 Å². The lowest BCUT2D eigenvalue weighted by Crippen LogP contribution is -2.58. The monoisotopic (exact) mass is 185 g/mol. The fourth-order valence-corrected chi connectivity index (χ4v) is 0.752. The van der Waals surface area contributed by atoms with Crippen LogP contribution in [0.15, 0.2) is 0 Å². The largest absolute Gasteiger partial charge is 0.426 e. The van der Waals surface area contributed by atoms with E-state index < -0.39 is 23.6 Å². The number of alkyl halides is 3. The molecule has 0 aromatic rings. The van der Waals surface area contributed by atoms with Crippen molar-refractivity contribution < 1.29 is 23.1 Å². The molecule has 12 heavy (non-hydrogen) atoms. The molecule has 0 aromatic carbocycles. The fraction of sp³-hybridized carbons (Fsp3) is 0.833. The summed E-state index contributed by atoms with van der Waals surface area (Å²) in [5, 5.41) is 8.90. The van der Waals surface area contributed by atoms with Gasteiger partial charge in [0.05, 0.1) is 0 Å². The van der Waals surface area contributed by atoms with Gasteiger partial charge in [-0.05, 0) is 0 Å². The van der Waals surface area contributed by atoms with E-state index in [0.29, 0.717) is 0 Å². The number of hydrogen-bond donors (Lipinski definition) is 2. The van der Waals surface area contributed by atoms with Gasteiger partial charge in [-0.2, -0.15) is 13.2 Å². The molecule has 0 radical (unpaired) electrons. The topological polar surface area (TPSA) is 63.3 Å². The lowest BCUT2D eigenvalue weighted by Gasteiger charge is -2.30. The zero-order valence-corrected chi connectivity index (χ0v) is 6.64. The number of hydrogen-bond acceptors (Lipinski definition) is 2. The van der Waals surface area contributed by atoms with Gasteiger partial charge in [0.15, 0.2) is 0 Å². The van der Waals surface area contributed by atoms with Crippen LogP contribution in [0.4, 0.5) is 13.2 Å². The summed E-state index contributed by atoms with van der Waals surface area (Å²) in [6.45, 7) is 2.14. The van der Waals surface area contributed by atoms with Gasteiger partial charge in [0.2, 0.25) is 5.60 Å². The number of amides is 1. The summed E-state index contributed by atoms with van der Waals surface area (Å²) in [4.78, 5) is 10.4. The zero-order chi connectivity index (χ0) is 10.2. The number of primary amides is 1. The number of nitrogens with two attached hydrogens (primary N) is 1. The number of carbonyl (C=O) groups excluding carboxylic acids is 1. The van der Waals surface area contributed by atoms with Crippen LogP contribution < -0.4 is 5.73 Å². The van der Waals surface area contributed by atoms with Crippen LogP contribution in [0.1, 0.15) is 13.8 Å². The Bertz CT molecular complexity index is 190. The lowest BCUT2D eigenvalue weighted by atomic mass is 9.89. The first kappa shape index (κ1) is 11.2. The van der Waals surface area contributed by atoms with Crippen molar-refractivity contribution in [3.63, 3.8) is 0 Å². The molecule has 0 saturated heterocycles. The number of carbonyl (C=O) groups is 1. The van der Waals surface area contributed by atoms with Crippen molar-refractivity contribution in [3.8, 4) is 0 Å². The third-order valence-electron chi connectivity index (χ3n) is 1.64. The molecule has 6 heteroatoms. The molecule has 0 bridgehead atoms. The molecular weight excluding hydrogens is 175 g/mol. The Morgan fingerprint density at radius 2 is 1.75 bits per heavy atom. The first-order valence-electron chi connectivity index (χ1n) is 3.23. The molecule has 0 rings (SSSR count). The minimum Gasteiger partial charge on any atom is -0.372 e. The van der Waals surface area contributed by atoms with Crippen LogP contribution in [0.3, 0.4) is 0 Å². The Balaban J connectivity index is 5.02. The van der Waals surface area contributed by atoms with E-state index in [9.17, 15) is 18.0 Å². The zero-order valence-electron chi connectivity index (χ0n) is 6.64. The SMILES string of the molecule is CC(C)C(O)(C(N)=O)C(F)(F)F. The van der Waals surface area contributed by atoms with E-state index in [1.54, 1.807) is 0 Å². The normalized spacial score (nSPS) is 17.6. The second kappa shape index (κ2) is 2.93. The van der Waals surface area contributed by atoms with Gasteiger partial charge >= 0.3 is 6.18 Å². The molecule has 0 saturated carbocycles. The Morgan fingerprint density at radius 1 is 1.42 bits per heavy atom. The van der Waals surface area contributed by atoms with Gasteiger partial charge < -0.3 is 10.8 Å². The summed E-state index contributed by atoms with van der Waals surface area (Å²) in [6.07, 6.45) is -5.02. The molecule has 1 unspecified atom stereocenters. The highest BCUT2D eigenvalue weighted by atomic mass is 19.4. The predicted octanol–water partition coefficient (Wildman–Crippen LogP) is 0.421. The fourth-order valence-electron chi connectivity index (χ4n) is 0.752. The van der Waals surface area contributed by atoms with E-state index in [-0.39, 0.29) is 0 Å². The van der Waals surface area contributed by atoms with Crippen molar-refractivity contribution in [2.45, 2.75) is 25.6 Å². The summed E-state index contributed by atoms with van der Waals surface area (Å²) in [5.41, 5.74) is 1.03. The van der Waals surface area contributed by atoms with Crippen LogP contribution in [-0.4, -0.2) is 22.8 Å². The van der Waals surface area contributed by atoms with Crippen LogP contribution in [0.5, 0.6) is 0 Å². The summed E-state index contributed by atoms with van der Waals surface area (Å²) >= 11 is 0. The molecule has 0 spiro atoms. The molecule has 0 heterocycles. The Morgan fingerprint density at radius 3 is 1.75 bits per heavy atom. The Kier molecular flexibility index (Phi) is 2.74. The molecule has 3 nitrogen and oxygen atoms in total. The van der Waals surface area contributed by atoms with Gasteiger partial charge in [0.25, 0.3) is 5.91 Å². The number of rotatable bonds is 2. The van der Waals surface area contributed by atoms with E-state index in [4.69, 9.17) is 5.11 Å². The van der Waals surface area contributed by atoms with Crippen LogP contribution >= 0.6 is 0 Å². The first-order valence-corrected chi connectivity index (χ1v) is 3.23. The molecule has 0 aromatic heterocycles. The van der Waals surface area contributed by atoms with Crippen molar-refractivity contribution in [2.75, 3.05) is 0 Å². The third kappa shape index (κ3) is 1.52. The van der Waals surface area contributed by atoms with Crippen molar-refractivity contribution in [1.29, 1.82) is 0 Å². The van der Waals surface area contributed by atoms with Gasteiger partial charge in [-0.15, -0.1) is 0 Å². The quantitative estimate of drug-likeness (QED) is 0.654. The van der Waals surface area contributed by atoms with Crippen LogP contribution in [-0.2, 0) is 4.79 Å². The van der Waals surface area contributed by atoms with Gasteiger partial charge in [-0.1, -0.05) is 13.8 Å². The maximum Gasteiger partial charge on any atom is 0.426 e.